The second kappa shape index (κ2) is 7.21. The number of benzene rings is 1. The molecule has 0 fully saturated rings. The van der Waals surface area contributed by atoms with Gasteiger partial charge in [-0.1, -0.05) is 12.1 Å². The van der Waals surface area contributed by atoms with Crippen LogP contribution in [0.1, 0.15) is 23.1 Å². The van der Waals surface area contributed by atoms with Gasteiger partial charge in [-0.3, -0.25) is 0 Å². The Labute approximate surface area is 139 Å². The molecule has 128 valence electrons. The van der Waals surface area contributed by atoms with E-state index >= 15 is 0 Å². The minimum Gasteiger partial charge on any atom is -0.467 e. The van der Waals surface area contributed by atoms with Gasteiger partial charge in [0.2, 0.25) is 5.95 Å². The number of nitrogens with one attached hydrogen (secondary N) is 1. The predicted molar refractivity (Wildman–Crippen MR) is 84.3 cm³/mol. The quantitative estimate of drug-likeness (QED) is 0.769. The zero-order valence-corrected chi connectivity index (χ0v) is 14.1. The molecule has 0 unspecified atom stereocenters. The molecule has 0 spiro atoms. The lowest BCUT2D eigenvalue weighted by atomic mass is 10.2. The standard InChI is InChI=1S/C14H16N4O5S/c1-4-23-12(19)10-7-5-6-8-11(10)24(20,21)18-13-15-9(2)16-14(17-13)22-3/h5-8H,4H2,1-3H3,(H,15,16,17,18). The number of carbonyl (C=O) groups excluding carboxylic acids is 1. The number of ether oxygens (including phenoxy) is 2. The van der Waals surface area contributed by atoms with Gasteiger partial charge in [0, 0.05) is 0 Å². The molecule has 0 aliphatic heterocycles. The zero-order chi connectivity index (χ0) is 17.7. The lowest BCUT2D eigenvalue weighted by Crippen LogP contribution is -2.19. The van der Waals surface area contributed by atoms with E-state index in [4.69, 9.17) is 9.47 Å². The number of aryl methyl sites for hydroxylation is 1. The zero-order valence-electron chi connectivity index (χ0n) is 13.3. The van der Waals surface area contributed by atoms with E-state index in [-0.39, 0.29) is 34.8 Å². The molecule has 0 aliphatic rings. The average molecular weight is 352 g/mol. The number of esters is 1. The molecule has 1 aromatic heterocycles. The highest BCUT2D eigenvalue weighted by Crippen LogP contribution is 2.19. The highest BCUT2D eigenvalue weighted by atomic mass is 32.2. The summed E-state index contributed by atoms with van der Waals surface area (Å²) in [6.45, 7) is 3.33. The summed E-state index contributed by atoms with van der Waals surface area (Å²) >= 11 is 0. The number of anilines is 1. The molecule has 0 saturated heterocycles. The number of hydrogen-bond donors (Lipinski definition) is 1. The summed E-state index contributed by atoms with van der Waals surface area (Å²) in [6, 6.07) is 5.67. The van der Waals surface area contributed by atoms with Gasteiger partial charge in [-0.2, -0.15) is 15.0 Å². The van der Waals surface area contributed by atoms with E-state index in [0.29, 0.717) is 0 Å². The van der Waals surface area contributed by atoms with Gasteiger partial charge >= 0.3 is 12.0 Å². The molecule has 0 saturated carbocycles. The minimum atomic E-state index is -4.11. The van der Waals surface area contributed by atoms with Crippen LogP contribution in [0.4, 0.5) is 5.95 Å². The lowest BCUT2D eigenvalue weighted by molar-refractivity contribution is 0.0522. The molecule has 2 rings (SSSR count). The van der Waals surface area contributed by atoms with Gasteiger partial charge in [-0.25, -0.2) is 17.9 Å². The van der Waals surface area contributed by atoms with E-state index in [1.165, 1.54) is 25.3 Å². The Kier molecular flexibility index (Phi) is 5.29. The molecule has 1 aromatic carbocycles. The van der Waals surface area contributed by atoms with Crippen molar-refractivity contribution in [2.75, 3.05) is 18.4 Å². The summed E-state index contributed by atoms with van der Waals surface area (Å²) < 4.78 is 37.1. The van der Waals surface area contributed by atoms with Crippen LogP contribution in [0, 0.1) is 6.92 Å². The van der Waals surface area contributed by atoms with Crippen LogP contribution in [0.15, 0.2) is 29.2 Å². The Hall–Kier alpha value is -2.75. The smallest absolute Gasteiger partial charge is 0.339 e. The molecular formula is C14H16N4O5S. The second-order valence-electron chi connectivity index (χ2n) is 4.52. The van der Waals surface area contributed by atoms with Crippen molar-refractivity contribution in [3.8, 4) is 6.01 Å². The van der Waals surface area contributed by atoms with Gasteiger partial charge in [-0.05, 0) is 26.0 Å². The number of rotatable bonds is 6. The van der Waals surface area contributed by atoms with Crippen molar-refractivity contribution in [3.05, 3.63) is 35.7 Å². The first-order valence-corrected chi connectivity index (χ1v) is 8.41. The molecule has 0 bridgehead atoms. The molecule has 24 heavy (non-hydrogen) atoms. The first-order valence-electron chi connectivity index (χ1n) is 6.93. The fourth-order valence-corrected chi connectivity index (χ4v) is 2.99. The van der Waals surface area contributed by atoms with Crippen LogP contribution in [-0.4, -0.2) is 43.1 Å². The van der Waals surface area contributed by atoms with E-state index in [0.717, 1.165) is 0 Å². The summed E-state index contributed by atoms with van der Waals surface area (Å²) in [5.41, 5.74) is -0.0791. The fraction of sp³-hybridized carbons (Fsp3) is 0.286. The monoisotopic (exact) mass is 352 g/mol. The SMILES string of the molecule is CCOC(=O)c1ccccc1S(=O)(=O)Nc1nc(C)nc(OC)n1. The van der Waals surface area contributed by atoms with Crippen LogP contribution in [0.3, 0.4) is 0 Å². The summed E-state index contributed by atoms with van der Waals surface area (Å²) in [5.74, 6) is -0.667. The van der Waals surface area contributed by atoms with E-state index in [9.17, 15) is 13.2 Å². The van der Waals surface area contributed by atoms with Gasteiger partial charge in [0.1, 0.15) is 10.7 Å². The van der Waals surface area contributed by atoms with Crippen LogP contribution in [0.5, 0.6) is 6.01 Å². The highest BCUT2D eigenvalue weighted by molar-refractivity contribution is 7.92. The van der Waals surface area contributed by atoms with Gasteiger partial charge in [0.15, 0.2) is 0 Å². The van der Waals surface area contributed by atoms with Crippen LogP contribution in [0.2, 0.25) is 0 Å². The molecule has 0 amide bonds. The van der Waals surface area contributed by atoms with Crippen molar-refractivity contribution < 1.29 is 22.7 Å². The van der Waals surface area contributed by atoms with Crippen LogP contribution in [0.25, 0.3) is 0 Å². The van der Waals surface area contributed by atoms with Crippen molar-refractivity contribution in [1.82, 2.24) is 15.0 Å². The van der Waals surface area contributed by atoms with Crippen LogP contribution >= 0.6 is 0 Å². The summed E-state index contributed by atoms with van der Waals surface area (Å²) in [6.07, 6.45) is 0. The summed E-state index contributed by atoms with van der Waals surface area (Å²) in [7, 11) is -2.76. The molecule has 0 radical (unpaired) electrons. The molecule has 9 nitrogen and oxygen atoms in total. The van der Waals surface area contributed by atoms with E-state index in [2.05, 4.69) is 19.7 Å². The largest absolute Gasteiger partial charge is 0.467 e. The minimum absolute atomic E-state index is 0.0288. The lowest BCUT2D eigenvalue weighted by Gasteiger charge is -2.11. The number of hydrogen-bond acceptors (Lipinski definition) is 8. The molecule has 0 aliphatic carbocycles. The average Bonchev–Trinajstić information content (AvgIpc) is 2.54. The Bertz CT molecular complexity index is 854. The number of nitrogens with zero attached hydrogens (tertiary/aromatic N) is 3. The van der Waals surface area contributed by atoms with Gasteiger partial charge < -0.3 is 9.47 Å². The second-order valence-corrected chi connectivity index (χ2v) is 6.17. The predicted octanol–water partition coefficient (Wildman–Crippen LogP) is 1.17. The normalized spacial score (nSPS) is 11.0. The van der Waals surface area contributed by atoms with Crippen molar-refractivity contribution >= 4 is 21.9 Å². The Morgan fingerprint density at radius 3 is 2.58 bits per heavy atom. The van der Waals surface area contributed by atoms with E-state index < -0.39 is 16.0 Å². The van der Waals surface area contributed by atoms with Crippen molar-refractivity contribution in [1.29, 1.82) is 0 Å². The Morgan fingerprint density at radius 2 is 1.92 bits per heavy atom. The molecule has 2 aromatic rings. The topological polar surface area (TPSA) is 120 Å². The summed E-state index contributed by atoms with van der Waals surface area (Å²) in [5, 5.41) is 0. The molecule has 1 N–H and O–H groups in total. The van der Waals surface area contributed by atoms with Crippen molar-refractivity contribution in [3.63, 3.8) is 0 Å². The molecular weight excluding hydrogens is 336 g/mol. The Balaban J connectivity index is 2.42. The third-order valence-electron chi connectivity index (χ3n) is 2.81. The van der Waals surface area contributed by atoms with Gasteiger partial charge in [0.25, 0.3) is 10.0 Å². The van der Waals surface area contributed by atoms with Gasteiger partial charge in [0.05, 0.1) is 19.3 Å². The maximum Gasteiger partial charge on any atom is 0.339 e. The molecule has 0 atom stereocenters. The van der Waals surface area contributed by atoms with Crippen LogP contribution in [-0.2, 0) is 14.8 Å². The number of sulfonamides is 1. The third kappa shape index (κ3) is 3.96. The number of carbonyl (C=O) groups is 1. The van der Waals surface area contributed by atoms with Crippen molar-refractivity contribution in [2.24, 2.45) is 0 Å². The van der Waals surface area contributed by atoms with E-state index in [1.807, 2.05) is 0 Å². The van der Waals surface area contributed by atoms with E-state index in [1.54, 1.807) is 19.9 Å². The number of aromatic nitrogens is 3. The third-order valence-corrected chi connectivity index (χ3v) is 4.19. The highest BCUT2D eigenvalue weighted by Gasteiger charge is 2.24. The fourth-order valence-electron chi connectivity index (χ4n) is 1.85. The van der Waals surface area contributed by atoms with Gasteiger partial charge in [-0.15, -0.1) is 0 Å². The molecule has 1 heterocycles. The van der Waals surface area contributed by atoms with Crippen molar-refractivity contribution in [2.45, 2.75) is 18.7 Å². The molecule has 10 heteroatoms. The van der Waals surface area contributed by atoms with Crippen LogP contribution < -0.4 is 9.46 Å². The first-order chi connectivity index (χ1) is 11.4. The maximum absolute atomic E-state index is 12.6. The first kappa shape index (κ1) is 17.6. The number of methoxy groups -OCH3 is 1. The Morgan fingerprint density at radius 1 is 1.21 bits per heavy atom. The maximum atomic E-state index is 12.6. The summed E-state index contributed by atoms with van der Waals surface area (Å²) in [4.78, 5) is 23.3.